The molecule has 172 valence electrons. The lowest BCUT2D eigenvalue weighted by molar-refractivity contribution is -0.0295. The molecule has 1 fully saturated rings. The highest BCUT2D eigenvalue weighted by molar-refractivity contribution is 7.33. The van der Waals surface area contributed by atoms with E-state index in [0.29, 0.717) is 17.7 Å². The summed E-state index contributed by atoms with van der Waals surface area (Å²) in [6, 6.07) is 19.0. The number of aromatic nitrogens is 2. The van der Waals surface area contributed by atoms with Gasteiger partial charge >= 0.3 is 13.9 Å². The van der Waals surface area contributed by atoms with E-state index in [0.717, 1.165) is 0 Å². The van der Waals surface area contributed by atoms with Crippen LogP contribution < -0.4 is 15.5 Å². The van der Waals surface area contributed by atoms with Crippen molar-refractivity contribution in [1.82, 2.24) is 9.55 Å². The van der Waals surface area contributed by atoms with E-state index in [2.05, 4.69) is 10.3 Å². The molecule has 33 heavy (non-hydrogen) atoms. The molecule has 1 amide bonds. The van der Waals surface area contributed by atoms with E-state index in [-0.39, 0.29) is 30.4 Å². The Kier molecular flexibility index (Phi) is 7.34. The highest BCUT2D eigenvalue weighted by atomic mass is 31.1. The monoisotopic (exact) mass is 469 g/mol. The maximum atomic E-state index is 12.6. The molecule has 0 saturated carbocycles. The summed E-state index contributed by atoms with van der Waals surface area (Å²) in [7, 11) is -2.73. The predicted molar refractivity (Wildman–Crippen MR) is 123 cm³/mol. The predicted octanol–water partition coefficient (Wildman–Crippen LogP) is 3.90. The van der Waals surface area contributed by atoms with Crippen molar-refractivity contribution in [3.8, 4) is 5.75 Å². The van der Waals surface area contributed by atoms with Crippen LogP contribution in [0.3, 0.4) is 0 Å². The quantitative estimate of drug-likeness (QED) is 0.499. The number of para-hydroxylation sites is 1. The van der Waals surface area contributed by atoms with Gasteiger partial charge in [0.05, 0.1) is 12.7 Å². The Morgan fingerprint density at radius 3 is 2.55 bits per heavy atom. The molecule has 1 aromatic heterocycles. The maximum Gasteiger partial charge on any atom is 0.367 e. The van der Waals surface area contributed by atoms with Crippen molar-refractivity contribution in [2.24, 2.45) is 5.92 Å². The fraction of sp³-hybridized carbons (Fsp3) is 0.261. The Morgan fingerprint density at radius 2 is 1.85 bits per heavy atom. The van der Waals surface area contributed by atoms with Gasteiger partial charge in [0.15, 0.2) is 0 Å². The third-order valence-corrected chi connectivity index (χ3v) is 5.97. The number of carbonyl (C=O) groups is 1. The minimum atomic E-state index is -2.73. The van der Waals surface area contributed by atoms with Crippen molar-refractivity contribution in [3.05, 3.63) is 89.0 Å². The lowest BCUT2D eigenvalue weighted by atomic mass is 10.1. The summed E-state index contributed by atoms with van der Waals surface area (Å²) in [5.41, 5.74) is -0.0742. The smallest absolute Gasteiger partial charge is 0.367 e. The van der Waals surface area contributed by atoms with Gasteiger partial charge in [-0.05, 0) is 36.8 Å². The first kappa shape index (κ1) is 22.9. The molecule has 0 radical (unpaired) electrons. The topological polar surface area (TPSA) is 109 Å². The highest BCUT2D eigenvalue weighted by Gasteiger charge is 2.34. The molecule has 0 spiro atoms. The van der Waals surface area contributed by atoms with Crippen molar-refractivity contribution in [2.75, 3.05) is 11.9 Å². The van der Waals surface area contributed by atoms with Crippen LogP contribution in [0.25, 0.3) is 0 Å². The minimum Gasteiger partial charge on any atom is -0.426 e. The first-order valence-electron chi connectivity index (χ1n) is 10.5. The number of nitrogens with one attached hydrogen (secondary N) is 1. The van der Waals surface area contributed by atoms with Gasteiger partial charge in [-0.15, -0.1) is 0 Å². The summed E-state index contributed by atoms with van der Waals surface area (Å²) >= 11 is 0. The van der Waals surface area contributed by atoms with E-state index in [1.54, 1.807) is 60.8 Å². The molecule has 0 bridgehead atoms. The SMILES string of the molecule is C[C@H]1C[C@@H](CO[PH](=O)Oc2ccccc2)O[C@H]1n1ccc(NC(=O)c2ccccc2)nc1=O. The van der Waals surface area contributed by atoms with Crippen LogP contribution >= 0.6 is 8.25 Å². The van der Waals surface area contributed by atoms with Gasteiger partial charge in [-0.2, -0.15) is 4.98 Å². The average Bonchev–Trinajstić information content (AvgIpc) is 3.19. The molecule has 1 aliphatic rings. The largest absolute Gasteiger partial charge is 0.426 e. The second-order valence-corrected chi connectivity index (χ2v) is 8.65. The van der Waals surface area contributed by atoms with Gasteiger partial charge in [0.1, 0.15) is 17.8 Å². The number of amides is 1. The third-order valence-electron chi connectivity index (χ3n) is 5.17. The third kappa shape index (κ3) is 5.96. The van der Waals surface area contributed by atoms with E-state index in [9.17, 15) is 14.2 Å². The van der Waals surface area contributed by atoms with E-state index in [1.807, 2.05) is 19.1 Å². The van der Waals surface area contributed by atoms with Gasteiger partial charge in [0.25, 0.3) is 5.91 Å². The Bertz CT molecular complexity index is 1170. The summed E-state index contributed by atoms with van der Waals surface area (Å²) in [5, 5.41) is 2.62. The number of hydrogen-bond donors (Lipinski definition) is 1. The maximum absolute atomic E-state index is 12.6. The van der Waals surface area contributed by atoms with Crippen LogP contribution in [-0.2, 0) is 13.8 Å². The van der Waals surface area contributed by atoms with Crippen molar-refractivity contribution in [1.29, 1.82) is 0 Å². The lowest BCUT2D eigenvalue weighted by Crippen LogP contribution is -2.30. The molecule has 0 aliphatic carbocycles. The second kappa shape index (κ2) is 10.6. The van der Waals surface area contributed by atoms with Crippen LogP contribution in [0.5, 0.6) is 5.75 Å². The van der Waals surface area contributed by atoms with Gasteiger partial charge < -0.3 is 14.6 Å². The van der Waals surface area contributed by atoms with E-state index >= 15 is 0 Å². The molecule has 9 nitrogen and oxygen atoms in total. The number of rotatable bonds is 8. The standard InChI is InChI=1S/C23H24N3O6P/c1-16-14-19(15-30-33(29)32-18-10-6-3-7-11-18)31-22(16)26-13-12-20(25-23(26)28)24-21(27)17-8-4-2-5-9-17/h2-13,16,19,22,33H,14-15H2,1H3,(H,24,25,27,28)/t16-,19-,22+/m0/s1. The van der Waals surface area contributed by atoms with Crippen molar-refractivity contribution in [2.45, 2.75) is 25.7 Å². The Hall–Kier alpha value is -3.26. The van der Waals surface area contributed by atoms with E-state index in [4.69, 9.17) is 13.8 Å². The second-order valence-electron chi connectivity index (χ2n) is 7.66. The summed E-state index contributed by atoms with van der Waals surface area (Å²) in [6.07, 6.45) is 1.27. The highest BCUT2D eigenvalue weighted by Crippen LogP contribution is 2.35. The lowest BCUT2D eigenvalue weighted by Gasteiger charge is -2.18. The van der Waals surface area contributed by atoms with Crippen LogP contribution in [0.1, 0.15) is 29.9 Å². The van der Waals surface area contributed by atoms with Crippen molar-refractivity contribution < 1.29 is 23.1 Å². The van der Waals surface area contributed by atoms with Crippen LogP contribution in [0, 0.1) is 5.92 Å². The molecule has 1 aliphatic heterocycles. The molecule has 1 saturated heterocycles. The van der Waals surface area contributed by atoms with Crippen LogP contribution in [0.15, 0.2) is 77.7 Å². The van der Waals surface area contributed by atoms with Gasteiger partial charge in [-0.25, -0.2) is 9.36 Å². The molecule has 2 heterocycles. The zero-order chi connectivity index (χ0) is 23.2. The Labute approximate surface area is 191 Å². The Morgan fingerprint density at radius 1 is 1.15 bits per heavy atom. The number of anilines is 1. The summed E-state index contributed by atoms with van der Waals surface area (Å²) < 4.78 is 30.0. The van der Waals surface area contributed by atoms with Crippen LogP contribution in [0.2, 0.25) is 0 Å². The number of hydrogen-bond acceptors (Lipinski definition) is 7. The molecule has 3 aromatic rings. The molecule has 1 unspecified atom stereocenters. The van der Waals surface area contributed by atoms with Crippen molar-refractivity contribution >= 4 is 20.0 Å². The molecule has 4 atom stereocenters. The summed E-state index contributed by atoms with van der Waals surface area (Å²) in [4.78, 5) is 28.8. The molecular formula is C23H24N3O6P. The summed E-state index contributed by atoms with van der Waals surface area (Å²) in [5.74, 6) is 0.278. The number of benzene rings is 2. The number of nitrogens with zero attached hydrogens (tertiary/aromatic N) is 2. The molecular weight excluding hydrogens is 445 g/mol. The number of ether oxygens (including phenoxy) is 1. The van der Waals surface area contributed by atoms with Gasteiger partial charge in [-0.1, -0.05) is 43.3 Å². The molecule has 10 heteroatoms. The normalized spacial score (nSPS) is 20.8. The van der Waals surface area contributed by atoms with Gasteiger partial charge in [0, 0.05) is 17.7 Å². The molecule has 2 aromatic carbocycles. The van der Waals surface area contributed by atoms with Gasteiger partial charge in [-0.3, -0.25) is 13.9 Å². The number of carbonyl (C=O) groups excluding carboxylic acids is 1. The van der Waals surface area contributed by atoms with Crippen molar-refractivity contribution in [3.63, 3.8) is 0 Å². The van der Waals surface area contributed by atoms with Gasteiger partial charge in [0.2, 0.25) is 0 Å². The average molecular weight is 469 g/mol. The van der Waals surface area contributed by atoms with E-state index in [1.165, 1.54) is 4.57 Å². The summed E-state index contributed by atoms with van der Waals surface area (Å²) in [6.45, 7) is 2.03. The minimum absolute atomic E-state index is 0.000209. The first-order valence-corrected chi connectivity index (χ1v) is 11.7. The molecule has 4 rings (SSSR count). The zero-order valence-corrected chi connectivity index (χ0v) is 18.9. The fourth-order valence-corrected chi connectivity index (χ4v) is 4.30. The van der Waals surface area contributed by atoms with E-state index < -0.39 is 20.2 Å². The van der Waals surface area contributed by atoms with Crippen LogP contribution in [0.4, 0.5) is 5.82 Å². The zero-order valence-electron chi connectivity index (χ0n) is 17.9. The van der Waals surface area contributed by atoms with Crippen LogP contribution in [-0.4, -0.2) is 28.2 Å². The Balaban J connectivity index is 1.33. The molecule has 1 N–H and O–H groups in total. The first-order chi connectivity index (χ1) is 16.0. The fourth-order valence-electron chi connectivity index (χ4n) is 3.59.